The van der Waals surface area contributed by atoms with Crippen LogP contribution >= 0.6 is 0 Å². The van der Waals surface area contributed by atoms with Crippen LogP contribution in [-0.4, -0.2) is 61.3 Å². The Kier molecular flexibility index (Phi) is 6.07. The summed E-state index contributed by atoms with van der Waals surface area (Å²) in [5.41, 5.74) is 6.61. The van der Waals surface area contributed by atoms with Crippen molar-refractivity contribution in [2.75, 3.05) is 38.2 Å². The Morgan fingerprint density at radius 2 is 1.89 bits per heavy atom. The van der Waals surface area contributed by atoms with E-state index in [1.807, 2.05) is 49.9 Å². The van der Waals surface area contributed by atoms with Crippen LogP contribution in [0, 0.1) is 5.41 Å². The SMILES string of the molecule is CCOC1CC(N)(C(=O)Nc2ccc(CC(=O)N3CCOCC3)cc2)C1(C)C. The normalized spacial score (nSPS) is 26.4. The van der Waals surface area contributed by atoms with Crippen molar-refractivity contribution in [3.8, 4) is 0 Å². The van der Waals surface area contributed by atoms with Gasteiger partial charge in [0.2, 0.25) is 11.8 Å². The van der Waals surface area contributed by atoms with Crippen LogP contribution in [-0.2, 0) is 25.5 Å². The Balaban J connectivity index is 1.57. The zero-order valence-corrected chi connectivity index (χ0v) is 17.0. The highest BCUT2D eigenvalue weighted by Gasteiger charge is 2.62. The predicted molar refractivity (Wildman–Crippen MR) is 107 cm³/mol. The zero-order valence-electron chi connectivity index (χ0n) is 17.0. The van der Waals surface area contributed by atoms with Crippen molar-refractivity contribution in [3.05, 3.63) is 29.8 Å². The molecule has 2 unspecified atom stereocenters. The fourth-order valence-electron chi connectivity index (χ4n) is 3.87. The number of hydrogen-bond donors (Lipinski definition) is 2. The molecule has 1 heterocycles. The average molecular weight is 389 g/mol. The molecule has 2 atom stereocenters. The lowest BCUT2D eigenvalue weighted by atomic mass is 9.54. The van der Waals surface area contributed by atoms with Crippen LogP contribution in [0.25, 0.3) is 0 Å². The number of benzene rings is 1. The molecular formula is C21H31N3O4. The van der Waals surface area contributed by atoms with Gasteiger partial charge >= 0.3 is 0 Å². The average Bonchev–Trinajstić information content (AvgIpc) is 2.69. The molecule has 28 heavy (non-hydrogen) atoms. The topological polar surface area (TPSA) is 93.9 Å². The molecule has 0 spiro atoms. The van der Waals surface area contributed by atoms with Crippen LogP contribution in [0.3, 0.4) is 0 Å². The molecule has 154 valence electrons. The number of nitrogens with two attached hydrogens (primary N) is 1. The minimum absolute atomic E-state index is 0.0122. The predicted octanol–water partition coefficient (Wildman–Crippen LogP) is 1.56. The van der Waals surface area contributed by atoms with E-state index < -0.39 is 11.0 Å². The van der Waals surface area contributed by atoms with Gasteiger partial charge in [-0.3, -0.25) is 9.59 Å². The van der Waals surface area contributed by atoms with E-state index in [-0.39, 0.29) is 17.9 Å². The van der Waals surface area contributed by atoms with Gasteiger partial charge in [-0.1, -0.05) is 26.0 Å². The molecule has 2 aliphatic rings. The van der Waals surface area contributed by atoms with Crippen LogP contribution in [0.2, 0.25) is 0 Å². The maximum Gasteiger partial charge on any atom is 0.245 e. The molecule has 1 saturated heterocycles. The highest BCUT2D eigenvalue weighted by molar-refractivity contribution is 5.99. The molecule has 7 heteroatoms. The van der Waals surface area contributed by atoms with Crippen molar-refractivity contribution in [2.45, 2.75) is 45.3 Å². The first-order chi connectivity index (χ1) is 13.3. The number of hydrogen-bond acceptors (Lipinski definition) is 5. The summed E-state index contributed by atoms with van der Waals surface area (Å²) in [4.78, 5) is 26.9. The highest BCUT2D eigenvalue weighted by atomic mass is 16.5. The molecule has 0 bridgehead atoms. The number of anilines is 1. The second kappa shape index (κ2) is 8.19. The first-order valence-electron chi connectivity index (χ1n) is 9.94. The van der Waals surface area contributed by atoms with E-state index in [9.17, 15) is 9.59 Å². The van der Waals surface area contributed by atoms with Gasteiger partial charge in [0.15, 0.2) is 0 Å². The Hall–Kier alpha value is -1.96. The fourth-order valence-corrected chi connectivity index (χ4v) is 3.87. The molecule has 2 amide bonds. The molecule has 7 nitrogen and oxygen atoms in total. The third-order valence-corrected chi connectivity index (χ3v) is 6.17. The maximum atomic E-state index is 12.8. The molecule has 1 aromatic rings. The number of rotatable bonds is 6. The molecule has 0 radical (unpaired) electrons. The summed E-state index contributed by atoms with van der Waals surface area (Å²) in [7, 11) is 0. The summed E-state index contributed by atoms with van der Waals surface area (Å²) in [6.45, 7) is 8.96. The number of nitrogens with zero attached hydrogens (tertiary/aromatic N) is 1. The minimum atomic E-state index is -0.961. The standard InChI is InChI=1S/C21H31N3O4/c1-4-28-17-14-21(22,20(17,2)3)19(26)23-16-7-5-15(6-8-16)13-18(25)24-9-11-27-12-10-24/h5-8,17H,4,9-14,22H2,1-3H3,(H,23,26). The van der Waals surface area contributed by atoms with Crippen LogP contribution in [0.1, 0.15) is 32.8 Å². The quantitative estimate of drug-likeness (QED) is 0.770. The van der Waals surface area contributed by atoms with Gasteiger partial charge in [-0.05, 0) is 24.6 Å². The van der Waals surface area contributed by atoms with Crippen LogP contribution in [0.5, 0.6) is 0 Å². The molecular weight excluding hydrogens is 358 g/mol. The molecule has 3 rings (SSSR count). The van der Waals surface area contributed by atoms with Gasteiger partial charge in [0, 0.05) is 37.2 Å². The number of amides is 2. The van der Waals surface area contributed by atoms with Gasteiger partial charge in [0.25, 0.3) is 0 Å². The summed E-state index contributed by atoms with van der Waals surface area (Å²) in [5, 5.41) is 2.92. The molecule has 3 N–H and O–H groups in total. The second-order valence-corrected chi connectivity index (χ2v) is 8.16. The molecule has 0 aromatic heterocycles. The summed E-state index contributed by atoms with van der Waals surface area (Å²) in [6, 6.07) is 7.36. The van der Waals surface area contributed by atoms with E-state index in [2.05, 4.69) is 5.32 Å². The van der Waals surface area contributed by atoms with Gasteiger partial charge in [-0.2, -0.15) is 0 Å². The number of morpholine rings is 1. The largest absolute Gasteiger partial charge is 0.378 e. The highest BCUT2D eigenvalue weighted by Crippen LogP contribution is 2.50. The van der Waals surface area contributed by atoms with Crippen molar-refractivity contribution in [1.82, 2.24) is 4.90 Å². The minimum Gasteiger partial charge on any atom is -0.378 e. The van der Waals surface area contributed by atoms with Gasteiger partial charge < -0.3 is 25.4 Å². The number of nitrogens with one attached hydrogen (secondary N) is 1. The Labute approximate surface area is 166 Å². The molecule has 1 aliphatic carbocycles. The Morgan fingerprint density at radius 1 is 1.25 bits per heavy atom. The van der Waals surface area contributed by atoms with Crippen molar-refractivity contribution in [2.24, 2.45) is 11.1 Å². The monoisotopic (exact) mass is 389 g/mol. The van der Waals surface area contributed by atoms with Crippen LogP contribution in [0.4, 0.5) is 5.69 Å². The second-order valence-electron chi connectivity index (χ2n) is 8.16. The van der Waals surface area contributed by atoms with Crippen molar-refractivity contribution < 1.29 is 19.1 Å². The lowest BCUT2D eigenvalue weighted by Gasteiger charge is -2.57. The van der Waals surface area contributed by atoms with Crippen LogP contribution < -0.4 is 11.1 Å². The van der Waals surface area contributed by atoms with E-state index >= 15 is 0 Å². The third-order valence-electron chi connectivity index (χ3n) is 6.17. The molecule has 1 saturated carbocycles. The Bertz CT molecular complexity index is 713. The summed E-state index contributed by atoms with van der Waals surface area (Å²) in [6.07, 6.45) is 0.839. The molecule has 2 fully saturated rings. The van der Waals surface area contributed by atoms with Gasteiger partial charge in [-0.15, -0.1) is 0 Å². The van der Waals surface area contributed by atoms with Crippen LogP contribution in [0.15, 0.2) is 24.3 Å². The zero-order chi connectivity index (χ0) is 20.4. The van der Waals surface area contributed by atoms with Gasteiger partial charge in [-0.25, -0.2) is 0 Å². The third kappa shape index (κ3) is 3.92. The van der Waals surface area contributed by atoms with Crippen molar-refractivity contribution >= 4 is 17.5 Å². The van der Waals surface area contributed by atoms with E-state index in [0.717, 1.165) is 5.56 Å². The van der Waals surface area contributed by atoms with E-state index in [1.165, 1.54) is 0 Å². The first-order valence-corrected chi connectivity index (χ1v) is 9.94. The first kappa shape index (κ1) is 20.8. The van der Waals surface area contributed by atoms with Crippen molar-refractivity contribution in [1.29, 1.82) is 0 Å². The van der Waals surface area contributed by atoms with Gasteiger partial charge in [0.1, 0.15) is 5.54 Å². The van der Waals surface area contributed by atoms with E-state index in [1.54, 1.807) is 0 Å². The number of carbonyl (C=O) groups excluding carboxylic acids is 2. The van der Waals surface area contributed by atoms with E-state index in [4.69, 9.17) is 15.2 Å². The molecule has 1 aromatic carbocycles. The summed E-state index contributed by atoms with van der Waals surface area (Å²) in [5.74, 6) is -0.107. The lowest BCUT2D eigenvalue weighted by molar-refractivity contribution is -0.166. The van der Waals surface area contributed by atoms with Gasteiger partial charge in [0.05, 0.1) is 25.7 Å². The number of carbonyl (C=O) groups is 2. The summed E-state index contributed by atoms with van der Waals surface area (Å²) >= 11 is 0. The smallest absolute Gasteiger partial charge is 0.245 e. The van der Waals surface area contributed by atoms with Crippen molar-refractivity contribution in [3.63, 3.8) is 0 Å². The summed E-state index contributed by atoms with van der Waals surface area (Å²) < 4.78 is 11.0. The fraction of sp³-hybridized carbons (Fsp3) is 0.619. The maximum absolute atomic E-state index is 12.8. The lowest BCUT2D eigenvalue weighted by Crippen LogP contribution is -2.74. The molecule has 1 aliphatic heterocycles. The number of ether oxygens (including phenoxy) is 2. The van der Waals surface area contributed by atoms with E-state index in [0.29, 0.717) is 51.4 Å². The Morgan fingerprint density at radius 3 is 2.46 bits per heavy atom.